The number of carboxylic acids is 1. The lowest BCUT2D eigenvalue weighted by atomic mass is 9.95. The van der Waals surface area contributed by atoms with E-state index in [2.05, 4.69) is 22.2 Å². The summed E-state index contributed by atoms with van der Waals surface area (Å²) < 4.78 is 11.1. The molecule has 4 rings (SSSR count). The monoisotopic (exact) mass is 499 g/mol. The Kier molecular flexibility index (Phi) is 8.65. The van der Waals surface area contributed by atoms with Gasteiger partial charge >= 0.3 is 5.97 Å². The molecule has 8 nitrogen and oxygen atoms in total. The van der Waals surface area contributed by atoms with Crippen LogP contribution < -0.4 is 4.74 Å². The number of rotatable bonds is 12. The van der Waals surface area contributed by atoms with E-state index in [1.165, 1.54) is 5.56 Å². The van der Waals surface area contributed by atoms with Crippen molar-refractivity contribution in [2.24, 2.45) is 11.1 Å². The average Bonchev–Trinajstić information content (AvgIpc) is 3.41. The highest BCUT2D eigenvalue weighted by molar-refractivity contribution is 6.00. The number of oxime groups is 1. The third-order valence-electron chi connectivity index (χ3n) is 5.90. The molecule has 0 radical (unpaired) electrons. The van der Waals surface area contributed by atoms with E-state index in [9.17, 15) is 9.90 Å². The van der Waals surface area contributed by atoms with Crippen molar-refractivity contribution < 1.29 is 24.0 Å². The van der Waals surface area contributed by atoms with Crippen molar-refractivity contribution in [2.75, 3.05) is 0 Å². The van der Waals surface area contributed by atoms with Gasteiger partial charge in [-0.2, -0.15) is 4.98 Å². The summed E-state index contributed by atoms with van der Waals surface area (Å²) in [6.45, 7) is 4.18. The van der Waals surface area contributed by atoms with Crippen molar-refractivity contribution in [1.29, 1.82) is 0 Å². The summed E-state index contributed by atoms with van der Waals surface area (Å²) >= 11 is 0. The Morgan fingerprint density at radius 3 is 2.32 bits per heavy atom. The summed E-state index contributed by atoms with van der Waals surface area (Å²) in [5.41, 5.74) is 4.33. The van der Waals surface area contributed by atoms with Crippen molar-refractivity contribution in [3.8, 4) is 17.1 Å². The van der Waals surface area contributed by atoms with Crippen molar-refractivity contribution >= 4 is 11.7 Å². The number of aliphatic carboxylic acids is 1. The van der Waals surface area contributed by atoms with Crippen molar-refractivity contribution in [3.05, 3.63) is 101 Å². The highest BCUT2D eigenvalue weighted by Crippen LogP contribution is 2.20. The second-order valence-corrected chi connectivity index (χ2v) is 8.58. The smallest absolute Gasteiger partial charge is 0.312 e. The molecule has 0 fully saturated rings. The number of ether oxygens (including phenoxy) is 1. The Labute approximate surface area is 215 Å². The molecule has 0 saturated heterocycles. The van der Waals surface area contributed by atoms with E-state index in [0.29, 0.717) is 23.2 Å². The fraction of sp³-hybridized carbons (Fsp3) is 0.241. The molecule has 0 aliphatic rings. The Morgan fingerprint density at radius 1 is 0.946 bits per heavy atom. The minimum absolute atomic E-state index is 0.127. The largest absolute Gasteiger partial charge is 0.484 e. The Hall–Kier alpha value is -4.46. The van der Waals surface area contributed by atoms with E-state index in [4.69, 9.17) is 14.1 Å². The molecule has 8 heteroatoms. The van der Waals surface area contributed by atoms with Gasteiger partial charge in [0, 0.05) is 5.56 Å². The van der Waals surface area contributed by atoms with Gasteiger partial charge in [0.05, 0.1) is 5.71 Å². The van der Waals surface area contributed by atoms with E-state index in [1.807, 2.05) is 66.7 Å². The minimum Gasteiger partial charge on any atom is -0.484 e. The third-order valence-corrected chi connectivity index (χ3v) is 5.90. The van der Waals surface area contributed by atoms with E-state index in [1.54, 1.807) is 19.1 Å². The Bertz CT molecular complexity index is 1320. The maximum atomic E-state index is 11.9. The number of carbonyl (C=O) groups is 1. The molecule has 1 heterocycles. The average molecular weight is 500 g/mol. The highest BCUT2D eigenvalue weighted by Gasteiger charge is 2.22. The summed E-state index contributed by atoms with van der Waals surface area (Å²) in [4.78, 5) is 21.6. The second kappa shape index (κ2) is 12.5. The van der Waals surface area contributed by atoms with Crippen molar-refractivity contribution in [1.82, 2.24) is 10.1 Å². The molecule has 0 saturated carbocycles. The first-order valence-electron chi connectivity index (χ1n) is 12.1. The summed E-state index contributed by atoms with van der Waals surface area (Å²) in [5, 5.41) is 17.8. The summed E-state index contributed by atoms with van der Waals surface area (Å²) in [6.07, 6.45) is 1.25. The van der Waals surface area contributed by atoms with Gasteiger partial charge in [0.1, 0.15) is 18.3 Å². The van der Waals surface area contributed by atoms with Gasteiger partial charge in [-0.25, -0.2) is 0 Å². The highest BCUT2D eigenvalue weighted by atomic mass is 16.6. The zero-order chi connectivity index (χ0) is 26.0. The van der Waals surface area contributed by atoms with Gasteiger partial charge in [0.25, 0.3) is 5.89 Å². The number of aromatic nitrogens is 2. The lowest BCUT2D eigenvalue weighted by Gasteiger charge is -2.13. The first-order valence-corrected chi connectivity index (χ1v) is 12.1. The van der Waals surface area contributed by atoms with Crippen LogP contribution >= 0.6 is 0 Å². The zero-order valence-electron chi connectivity index (χ0n) is 20.8. The fourth-order valence-corrected chi connectivity index (χ4v) is 3.68. The maximum Gasteiger partial charge on any atom is 0.312 e. The molecule has 0 amide bonds. The fourth-order valence-electron chi connectivity index (χ4n) is 3.68. The molecule has 1 aromatic heterocycles. The standard InChI is InChI=1S/C29H29N3O5/c1-3-21-9-13-24(14-10-21)28-30-27(37-32-28)19-35-25-15-11-22(12-16-25)17-26(29(33)34)20(2)31-36-18-23-7-5-4-6-8-23/h4-16,26H,3,17-19H2,1-2H3,(H,33,34). The first-order chi connectivity index (χ1) is 18.0. The van der Waals surface area contributed by atoms with Crippen LogP contribution in [0.4, 0.5) is 0 Å². The molecule has 0 aliphatic heterocycles. The maximum absolute atomic E-state index is 11.9. The molecule has 3 aromatic carbocycles. The van der Waals surface area contributed by atoms with Crippen LogP contribution in [0, 0.1) is 5.92 Å². The number of benzene rings is 3. The van der Waals surface area contributed by atoms with Crippen LogP contribution in [0.3, 0.4) is 0 Å². The molecular weight excluding hydrogens is 470 g/mol. The third kappa shape index (κ3) is 7.27. The van der Waals surface area contributed by atoms with Crippen LogP contribution in [0.5, 0.6) is 5.75 Å². The molecule has 4 aromatic rings. The number of aryl methyl sites for hydroxylation is 1. The van der Waals surface area contributed by atoms with E-state index < -0.39 is 11.9 Å². The molecule has 37 heavy (non-hydrogen) atoms. The van der Waals surface area contributed by atoms with E-state index in [-0.39, 0.29) is 19.6 Å². The molecule has 1 N–H and O–H groups in total. The summed E-state index contributed by atoms with van der Waals surface area (Å²) in [6, 6.07) is 24.9. The SMILES string of the molecule is CCc1ccc(-c2noc(COc3ccc(CC(C(=O)O)C(C)=NOCc4ccccc4)cc3)n2)cc1. The molecule has 0 aliphatic carbocycles. The van der Waals surface area contributed by atoms with Gasteiger partial charge in [-0.05, 0) is 48.6 Å². The number of carboxylic acid groups (broad SMARTS) is 1. The number of hydrogen-bond donors (Lipinski definition) is 1. The summed E-state index contributed by atoms with van der Waals surface area (Å²) in [7, 11) is 0. The zero-order valence-corrected chi connectivity index (χ0v) is 20.8. The molecule has 1 atom stereocenters. The van der Waals surface area contributed by atoms with Crippen LogP contribution in [0.1, 0.15) is 36.4 Å². The number of nitrogens with zero attached hydrogens (tertiary/aromatic N) is 3. The van der Waals surface area contributed by atoms with Crippen LogP contribution in [0.25, 0.3) is 11.4 Å². The van der Waals surface area contributed by atoms with Crippen LogP contribution in [0.15, 0.2) is 88.5 Å². The molecule has 0 spiro atoms. The second-order valence-electron chi connectivity index (χ2n) is 8.58. The predicted octanol–water partition coefficient (Wildman–Crippen LogP) is 5.71. The Balaban J connectivity index is 1.30. The van der Waals surface area contributed by atoms with E-state index in [0.717, 1.165) is 23.1 Å². The predicted molar refractivity (Wildman–Crippen MR) is 139 cm³/mol. The molecular formula is C29H29N3O5. The van der Waals surface area contributed by atoms with Crippen LogP contribution in [-0.4, -0.2) is 26.9 Å². The lowest BCUT2D eigenvalue weighted by molar-refractivity contribution is -0.139. The van der Waals surface area contributed by atoms with Gasteiger partial charge in [0.15, 0.2) is 6.61 Å². The quantitative estimate of drug-likeness (QED) is 0.196. The molecule has 0 bridgehead atoms. The van der Waals surface area contributed by atoms with Crippen LogP contribution in [0.2, 0.25) is 0 Å². The summed E-state index contributed by atoms with van der Waals surface area (Å²) in [5.74, 6) is -0.264. The minimum atomic E-state index is -0.957. The van der Waals surface area contributed by atoms with Gasteiger partial charge in [-0.3, -0.25) is 4.79 Å². The van der Waals surface area contributed by atoms with Crippen molar-refractivity contribution in [2.45, 2.75) is 39.9 Å². The van der Waals surface area contributed by atoms with Crippen molar-refractivity contribution in [3.63, 3.8) is 0 Å². The van der Waals surface area contributed by atoms with E-state index >= 15 is 0 Å². The Morgan fingerprint density at radius 2 is 1.65 bits per heavy atom. The number of hydrogen-bond acceptors (Lipinski definition) is 7. The van der Waals surface area contributed by atoms with Gasteiger partial charge < -0.3 is 19.2 Å². The topological polar surface area (TPSA) is 107 Å². The first kappa shape index (κ1) is 25.6. The van der Waals surface area contributed by atoms with Gasteiger partial charge in [-0.15, -0.1) is 0 Å². The molecule has 190 valence electrons. The molecule has 1 unspecified atom stereocenters. The van der Waals surface area contributed by atoms with Crippen LogP contribution in [-0.2, 0) is 35.7 Å². The lowest BCUT2D eigenvalue weighted by Crippen LogP contribution is -2.24. The normalized spacial score (nSPS) is 12.2. The van der Waals surface area contributed by atoms with Gasteiger partial charge in [-0.1, -0.05) is 84.0 Å². The van der Waals surface area contributed by atoms with Gasteiger partial charge in [0.2, 0.25) is 5.82 Å².